The van der Waals surface area contributed by atoms with Gasteiger partial charge in [-0.15, -0.1) is 0 Å². The molecule has 0 aromatic heterocycles. The molecule has 2 fully saturated rings. The van der Waals surface area contributed by atoms with Crippen LogP contribution in [0.25, 0.3) is 0 Å². The number of nitriles is 1. The first-order valence-electron chi connectivity index (χ1n) is 4.78. The van der Waals surface area contributed by atoms with Crippen LogP contribution in [-0.2, 0) is 4.74 Å². The molecule has 2 bridgehead atoms. The predicted octanol–water partition coefficient (Wildman–Crippen LogP) is 1.22. The molecule has 1 N–H and O–H groups in total. The van der Waals surface area contributed by atoms with Crippen molar-refractivity contribution in [2.75, 3.05) is 0 Å². The molecule has 13 heavy (non-hydrogen) atoms. The second kappa shape index (κ2) is 2.46. The highest BCUT2D eigenvalue weighted by Gasteiger charge is 2.57. The van der Waals surface area contributed by atoms with Crippen LogP contribution in [-0.4, -0.2) is 22.4 Å². The van der Waals surface area contributed by atoms with E-state index in [0.717, 1.165) is 12.8 Å². The summed E-state index contributed by atoms with van der Waals surface area (Å²) in [5.74, 6) is -0.0605. The first-order chi connectivity index (χ1) is 6.00. The molecule has 4 atom stereocenters. The Morgan fingerprint density at radius 3 is 2.69 bits per heavy atom. The Morgan fingerprint density at radius 1 is 1.46 bits per heavy atom. The molecule has 0 saturated carbocycles. The average molecular weight is 181 g/mol. The maximum absolute atomic E-state index is 9.75. The average Bonchev–Trinajstić information content (AvgIpc) is 2.30. The van der Waals surface area contributed by atoms with Crippen molar-refractivity contribution in [3.05, 3.63) is 0 Å². The summed E-state index contributed by atoms with van der Waals surface area (Å²) in [5.41, 5.74) is -0.796. The largest absolute Gasteiger partial charge is 0.390 e. The number of nitrogens with zero attached hydrogens (tertiary/aromatic N) is 1. The van der Waals surface area contributed by atoms with Gasteiger partial charge in [-0.2, -0.15) is 5.26 Å². The number of rotatable bonds is 0. The number of ether oxygens (including phenoxy) is 1. The fraction of sp³-hybridized carbons (Fsp3) is 0.900. The molecule has 2 saturated heterocycles. The van der Waals surface area contributed by atoms with Gasteiger partial charge in [-0.3, -0.25) is 0 Å². The van der Waals surface area contributed by atoms with Crippen molar-refractivity contribution >= 4 is 0 Å². The summed E-state index contributed by atoms with van der Waals surface area (Å²) in [6.45, 7) is 3.89. The quantitative estimate of drug-likeness (QED) is 0.611. The summed E-state index contributed by atoms with van der Waals surface area (Å²) in [5, 5.41) is 18.7. The van der Waals surface area contributed by atoms with Crippen molar-refractivity contribution in [1.29, 1.82) is 5.26 Å². The zero-order valence-corrected chi connectivity index (χ0v) is 8.08. The van der Waals surface area contributed by atoms with Crippen LogP contribution in [0.5, 0.6) is 0 Å². The lowest BCUT2D eigenvalue weighted by Gasteiger charge is -2.39. The van der Waals surface area contributed by atoms with E-state index in [-0.39, 0.29) is 11.5 Å². The molecule has 3 nitrogen and oxygen atoms in total. The third-order valence-electron chi connectivity index (χ3n) is 3.59. The summed E-state index contributed by atoms with van der Waals surface area (Å²) in [4.78, 5) is 0. The summed E-state index contributed by atoms with van der Waals surface area (Å²) < 4.78 is 5.82. The summed E-state index contributed by atoms with van der Waals surface area (Å²) in [6, 6.07) is 2.29. The van der Waals surface area contributed by atoms with Gasteiger partial charge in [-0.1, -0.05) is 0 Å². The van der Waals surface area contributed by atoms with Gasteiger partial charge in [0.05, 0.1) is 29.3 Å². The minimum atomic E-state index is -0.479. The number of hydrogen-bond donors (Lipinski definition) is 1. The molecular formula is C10H15NO2. The molecule has 72 valence electrons. The second-order valence-corrected chi connectivity index (χ2v) is 4.67. The lowest BCUT2D eigenvalue weighted by atomic mass is 9.87. The van der Waals surface area contributed by atoms with Crippen molar-refractivity contribution < 1.29 is 9.84 Å². The van der Waals surface area contributed by atoms with E-state index in [4.69, 9.17) is 10.00 Å². The van der Waals surface area contributed by atoms with Crippen LogP contribution < -0.4 is 0 Å². The second-order valence-electron chi connectivity index (χ2n) is 4.67. The summed E-state index contributed by atoms with van der Waals surface area (Å²) in [6.07, 6.45) is 1.81. The summed E-state index contributed by atoms with van der Waals surface area (Å²) >= 11 is 0. The molecule has 3 heteroatoms. The number of aliphatic hydroxyl groups excluding tert-OH is 1. The van der Waals surface area contributed by atoms with Gasteiger partial charge >= 0.3 is 0 Å². The topological polar surface area (TPSA) is 53.2 Å². The van der Waals surface area contributed by atoms with Crippen LogP contribution in [0.4, 0.5) is 0 Å². The maximum atomic E-state index is 9.75. The van der Waals surface area contributed by atoms with Gasteiger partial charge in [0, 0.05) is 0 Å². The Balaban J connectivity index is 2.32. The van der Waals surface area contributed by atoms with Gasteiger partial charge in [0.15, 0.2) is 0 Å². The van der Waals surface area contributed by atoms with Crippen LogP contribution >= 0.6 is 0 Å². The van der Waals surface area contributed by atoms with E-state index in [0.29, 0.717) is 6.42 Å². The van der Waals surface area contributed by atoms with Crippen molar-refractivity contribution in [3.63, 3.8) is 0 Å². The van der Waals surface area contributed by atoms with Crippen LogP contribution in [0.2, 0.25) is 0 Å². The number of aliphatic hydroxyl groups is 1. The molecule has 2 heterocycles. The Bertz CT molecular complexity index is 273. The van der Waals surface area contributed by atoms with E-state index in [1.165, 1.54) is 0 Å². The van der Waals surface area contributed by atoms with E-state index >= 15 is 0 Å². The normalized spacial score (nSPS) is 54.6. The van der Waals surface area contributed by atoms with E-state index in [2.05, 4.69) is 6.07 Å². The molecule has 0 spiro atoms. The first kappa shape index (κ1) is 8.98. The molecule has 0 aliphatic carbocycles. The minimum absolute atomic E-state index is 0.0605. The fourth-order valence-corrected chi connectivity index (χ4v) is 2.61. The van der Waals surface area contributed by atoms with E-state index in [1.54, 1.807) is 0 Å². The van der Waals surface area contributed by atoms with Crippen molar-refractivity contribution in [3.8, 4) is 6.07 Å². The molecule has 2 aliphatic heterocycles. The van der Waals surface area contributed by atoms with Gasteiger partial charge < -0.3 is 9.84 Å². The van der Waals surface area contributed by atoms with Crippen molar-refractivity contribution in [2.45, 2.75) is 50.4 Å². The molecular weight excluding hydrogens is 166 g/mol. The molecule has 1 unspecified atom stereocenters. The highest BCUT2D eigenvalue weighted by atomic mass is 16.5. The lowest BCUT2D eigenvalue weighted by molar-refractivity contribution is -0.180. The molecule has 2 rings (SSSR count). The van der Waals surface area contributed by atoms with Crippen molar-refractivity contribution in [1.82, 2.24) is 0 Å². The Morgan fingerprint density at radius 2 is 2.15 bits per heavy atom. The van der Waals surface area contributed by atoms with Crippen LogP contribution in [0, 0.1) is 17.2 Å². The Labute approximate surface area is 78.3 Å². The zero-order chi connectivity index (χ0) is 9.69. The highest BCUT2D eigenvalue weighted by Crippen LogP contribution is 2.50. The van der Waals surface area contributed by atoms with E-state index in [1.807, 2.05) is 13.8 Å². The molecule has 0 amide bonds. The van der Waals surface area contributed by atoms with Crippen molar-refractivity contribution in [2.24, 2.45) is 5.92 Å². The molecule has 2 aliphatic rings. The third-order valence-corrected chi connectivity index (χ3v) is 3.59. The fourth-order valence-electron chi connectivity index (χ4n) is 2.61. The zero-order valence-electron chi connectivity index (χ0n) is 8.08. The Hall–Kier alpha value is -0.590. The molecule has 0 aromatic rings. The van der Waals surface area contributed by atoms with Gasteiger partial charge in [0.1, 0.15) is 0 Å². The monoisotopic (exact) mass is 181 g/mol. The van der Waals surface area contributed by atoms with Gasteiger partial charge in [-0.05, 0) is 33.1 Å². The minimum Gasteiger partial charge on any atom is -0.390 e. The van der Waals surface area contributed by atoms with Crippen LogP contribution in [0.3, 0.4) is 0 Å². The van der Waals surface area contributed by atoms with Gasteiger partial charge in [0.2, 0.25) is 0 Å². The standard InChI is InChI=1S/C10H15NO2/c1-9-4-3-8(12)10(2,13-9)5-7(9)6-11/h7-8,12H,3-5H2,1-2H3/t7?,8-,9+,10+/m1/s1. The van der Waals surface area contributed by atoms with E-state index in [9.17, 15) is 5.11 Å². The van der Waals surface area contributed by atoms with Gasteiger partial charge in [0.25, 0.3) is 0 Å². The first-order valence-corrected chi connectivity index (χ1v) is 4.78. The highest BCUT2D eigenvalue weighted by molar-refractivity contribution is 5.12. The van der Waals surface area contributed by atoms with Crippen LogP contribution in [0.15, 0.2) is 0 Å². The number of hydrogen-bond acceptors (Lipinski definition) is 3. The lowest BCUT2D eigenvalue weighted by Crippen LogP contribution is -2.47. The van der Waals surface area contributed by atoms with Crippen LogP contribution in [0.1, 0.15) is 33.1 Å². The predicted molar refractivity (Wildman–Crippen MR) is 46.9 cm³/mol. The molecule has 0 radical (unpaired) electrons. The Kier molecular flexibility index (Phi) is 1.70. The molecule has 0 aromatic carbocycles. The van der Waals surface area contributed by atoms with Gasteiger partial charge in [-0.25, -0.2) is 0 Å². The third kappa shape index (κ3) is 1.09. The maximum Gasteiger partial charge on any atom is 0.0933 e. The van der Waals surface area contributed by atoms with E-state index < -0.39 is 11.7 Å². The number of fused-ring (bicyclic) bond motifs is 2. The smallest absolute Gasteiger partial charge is 0.0933 e. The SMILES string of the molecule is C[C@]12CC[C@@H](O)[C@](C)(CC1C#N)O2. The summed E-state index contributed by atoms with van der Waals surface area (Å²) in [7, 11) is 0.